The maximum absolute atomic E-state index is 12.1. The summed E-state index contributed by atoms with van der Waals surface area (Å²) in [4.78, 5) is 4.54. The average molecular weight is 314 g/mol. The first-order chi connectivity index (χ1) is 9.42. The fourth-order valence-corrected chi connectivity index (χ4v) is 3.72. The SMILES string of the molecule is Cc1csc(CCNS(=O)(=O)c2cc(CN)n(C)c2)n1. The van der Waals surface area contributed by atoms with Crippen molar-refractivity contribution in [3.8, 4) is 0 Å². The maximum atomic E-state index is 12.1. The van der Waals surface area contributed by atoms with Crippen LogP contribution < -0.4 is 10.5 Å². The summed E-state index contributed by atoms with van der Waals surface area (Å²) in [5.74, 6) is 0. The molecule has 0 aliphatic rings. The molecule has 110 valence electrons. The van der Waals surface area contributed by atoms with Crippen LogP contribution in [0.5, 0.6) is 0 Å². The number of nitrogens with one attached hydrogen (secondary N) is 1. The summed E-state index contributed by atoms with van der Waals surface area (Å²) in [5.41, 5.74) is 7.28. The molecule has 0 bridgehead atoms. The third-order valence-corrected chi connectivity index (χ3v) is 5.35. The van der Waals surface area contributed by atoms with E-state index in [4.69, 9.17) is 5.73 Å². The van der Waals surface area contributed by atoms with Crippen LogP contribution in [0, 0.1) is 6.92 Å². The summed E-state index contributed by atoms with van der Waals surface area (Å²) < 4.78 is 28.6. The quantitative estimate of drug-likeness (QED) is 0.824. The Morgan fingerprint density at radius 2 is 2.25 bits per heavy atom. The fourth-order valence-electron chi connectivity index (χ4n) is 1.82. The third kappa shape index (κ3) is 3.45. The summed E-state index contributed by atoms with van der Waals surface area (Å²) in [6.07, 6.45) is 2.16. The Hall–Kier alpha value is -1.22. The van der Waals surface area contributed by atoms with Gasteiger partial charge in [0.15, 0.2) is 0 Å². The lowest BCUT2D eigenvalue weighted by Crippen LogP contribution is -2.25. The summed E-state index contributed by atoms with van der Waals surface area (Å²) in [6, 6.07) is 1.59. The molecule has 0 spiro atoms. The zero-order valence-electron chi connectivity index (χ0n) is 11.5. The van der Waals surface area contributed by atoms with Gasteiger partial charge in [0, 0.05) is 49.5 Å². The van der Waals surface area contributed by atoms with E-state index in [0.29, 0.717) is 19.5 Å². The highest BCUT2D eigenvalue weighted by atomic mass is 32.2. The zero-order valence-corrected chi connectivity index (χ0v) is 13.1. The van der Waals surface area contributed by atoms with E-state index in [1.807, 2.05) is 12.3 Å². The van der Waals surface area contributed by atoms with Gasteiger partial charge in [0.1, 0.15) is 0 Å². The molecule has 0 aliphatic carbocycles. The van der Waals surface area contributed by atoms with Crippen molar-refractivity contribution < 1.29 is 8.42 Å². The highest BCUT2D eigenvalue weighted by Crippen LogP contribution is 2.13. The lowest BCUT2D eigenvalue weighted by molar-refractivity contribution is 0.581. The van der Waals surface area contributed by atoms with Crippen LogP contribution in [-0.2, 0) is 30.0 Å². The monoisotopic (exact) mass is 314 g/mol. The number of hydrogen-bond donors (Lipinski definition) is 2. The minimum Gasteiger partial charge on any atom is -0.352 e. The first kappa shape index (κ1) is 15.2. The predicted octanol–water partition coefficient (Wildman–Crippen LogP) is 0.770. The fraction of sp³-hybridized carbons (Fsp3) is 0.417. The zero-order chi connectivity index (χ0) is 14.8. The topological polar surface area (TPSA) is 90.0 Å². The lowest BCUT2D eigenvalue weighted by Gasteiger charge is -2.03. The molecule has 2 aromatic heterocycles. The molecule has 0 fully saturated rings. The van der Waals surface area contributed by atoms with Gasteiger partial charge in [-0.15, -0.1) is 11.3 Å². The summed E-state index contributed by atoms with van der Waals surface area (Å²) >= 11 is 1.54. The molecule has 3 N–H and O–H groups in total. The second-order valence-corrected chi connectivity index (χ2v) is 7.22. The Balaban J connectivity index is 2.00. The molecule has 0 aromatic carbocycles. The number of hydrogen-bond acceptors (Lipinski definition) is 5. The average Bonchev–Trinajstić information content (AvgIpc) is 2.95. The van der Waals surface area contributed by atoms with Crippen molar-refractivity contribution in [2.45, 2.75) is 24.8 Å². The van der Waals surface area contributed by atoms with Gasteiger partial charge < -0.3 is 10.3 Å². The van der Waals surface area contributed by atoms with Crippen LogP contribution >= 0.6 is 11.3 Å². The van der Waals surface area contributed by atoms with Gasteiger partial charge in [-0.05, 0) is 13.0 Å². The Kier molecular flexibility index (Phi) is 4.59. The number of nitrogens with zero attached hydrogens (tertiary/aromatic N) is 2. The molecular formula is C12H18N4O2S2. The van der Waals surface area contributed by atoms with Crippen molar-refractivity contribution in [3.05, 3.63) is 34.0 Å². The van der Waals surface area contributed by atoms with Gasteiger partial charge in [0.05, 0.1) is 9.90 Å². The van der Waals surface area contributed by atoms with Gasteiger partial charge in [-0.25, -0.2) is 18.1 Å². The van der Waals surface area contributed by atoms with Crippen molar-refractivity contribution in [1.82, 2.24) is 14.3 Å². The lowest BCUT2D eigenvalue weighted by atomic mass is 10.4. The van der Waals surface area contributed by atoms with Crippen LogP contribution in [0.15, 0.2) is 22.5 Å². The molecular weight excluding hydrogens is 296 g/mol. The van der Waals surface area contributed by atoms with Crippen LogP contribution in [0.3, 0.4) is 0 Å². The number of rotatable bonds is 6. The van der Waals surface area contributed by atoms with Gasteiger partial charge in [-0.2, -0.15) is 0 Å². The summed E-state index contributed by atoms with van der Waals surface area (Å²) in [5, 5.41) is 2.88. The molecule has 6 nitrogen and oxygen atoms in total. The molecule has 0 amide bonds. The van der Waals surface area contributed by atoms with Crippen molar-refractivity contribution in [2.24, 2.45) is 12.8 Å². The standard InChI is InChI=1S/C12H18N4O2S2/c1-9-8-19-12(15-9)3-4-14-20(17,18)11-5-10(6-13)16(2)7-11/h5,7-8,14H,3-4,6,13H2,1-2H3. The highest BCUT2D eigenvalue weighted by Gasteiger charge is 2.16. The predicted molar refractivity (Wildman–Crippen MR) is 79.0 cm³/mol. The van der Waals surface area contributed by atoms with E-state index in [1.165, 1.54) is 11.3 Å². The maximum Gasteiger partial charge on any atom is 0.242 e. The van der Waals surface area contributed by atoms with Crippen LogP contribution in [0.4, 0.5) is 0 Å². The number of aromatic nitrogens is 2. The molecule has 0 atom stereocenters. The number of nitrogens with two attached hydrogens (primary N) is 1. The van der Waals surface area contributed by atoms with E-state index in [-0.39, 0.29) is 4.90 Å². The smallest absolute Gasteiger partial charge is 0.242 e. The molecule has 20 heavy (non-hydrogen) atoms. The van der Waals surface area contributed by atoms with Gasteiger partial charge in [0.2, 0.25) is 10.0 Å². The molecule has 2 rings (SSSR count). The molecule has 2 heterocycles. The van der Waals surface area contributed by atoms with Gasteiger partial charge in [-0.3, -0.25) is 0 Å². The summed E-state index contributed by atoms with van der Waals surface area (Å²) in [6.45, 7) is 2.56. The first-order valence-corrected chi connectivity index (χ1v) is 8.54. The molecule has 0 saturated heterocycles. The van der Waals surface area contributed by atoms with Crippen molar-refractivity contribution in [3.63, 3.8) is 0 Å². The molecule has 0 saturated carbocycles. The van der Waals surface area contributed by atoms with E-state index in [0.717, 1.165) is 16.4 Å². The molecule has 0 aliphatic heterocycles. The molecule has 0 unspecified atom stereocenters. The van der Waals surface area contributed by atoms with E-state index in [2.05, 4.69) is 9.71 Å². The minimum absolute atomic E-state index is 0.246. The Morgan fingerprint density at radius 3 is 2.80 bits per heavy atom. The molecule has 0 radical (unpaired) electrons. The van der Waals surface area contributed by atoms with Gasteiger partial charge >= 0.3 is 0 Å². The molecule has 2 aromatic rings. The van der Waals surface area contributed by atoms with E-state index in [9.17, 15) is 8.42 Å². The number of sulfonamides is 1. The Labute approximate surface area is 122 Å². The second kappa shape index (κ2) is 6.04. The Bertz CT molecular complexity index is 688. The number of aryl methyl sites for hydroxylation is 2. The normalized spacial score (nSPS) is 11.9. The van der Waals surface area contributed by atoms with E-state index < -0.39 is 10.0 Å². The van der Waals surface area contributed by atoms with Crippen LogP contribution in [0.2, 0.25) is 0 Å². The van der Waals surface area contributed by atoms with Crippen molar-refractivity contribution >= 4 is 21.4 Å². The van der Waals surface area contributed by atoms with Crippen molar-refractivity contribution in [1.29, 1.82) is 0 Å². The first-order valence-electron chi connectivity index (χ1n) is 6.18. The highest BCUT2D eigenvalue weighted by molar-refractivity contribution is 7.89. The van der Waals surface area contributed by atoms with Gasteiger partial charge in [-0.1, -0.05) is 0 Å². The third-order valence-electron chi connectivity index (χ3n) is 2.90. The minimum atomic E-state index is -3.48. The van der Waals surface area contributed by atoms with E-state index in [1.54, 1.807) is 23.9 Å². The second-order valence-electron chi connectivity index (χ2n) is 4.51. The van der Waals surface area contributed by atoms with Gasteiger partial charge in [0.25, 0.3) is 0 Å². The Morgan fingerprint density at radius 1 is 1.50 bits per heavy atom. The van der Waals surface area contributed by atoms with Crippen LogP contribution in [0.25, 0.3) is 0 Å². The van der Waals surface area contributed by atoms with Crippen molar-refractivity contribution in [2.75, 3.05) is 6.54 Å². The van der Waals surface area contributed by atoms with Crippen LogP contribution in [0.1, 0.15) is 16.4 Å². The van der Waals surface area contributed by atoms with Crippen LogP contribution in [-0.4, -0.2) is 24.5 Å². The summed E-state index contributed by atoms with van der Waals surface area (Å²) in [7, 11) is -1.71. The largest absolute Gasteiger partial charge is 0.352 e. The molecule has 8 heteroatoms. The number of thiazole rings is 1. The van der Waals surface area contributed by atoms with E-state index >= 15 is 0 Å².